The van der Waals surface area contributed by atoms with Crippen LogP contribution in [0.4, 0.5) is 0 Å². The molecule has 19 heavy (non-hydrogen) atoms. The van der Waals surface area contributed by atoms with E-state index in [0.29, 0.717) is 6.04 Å². The van der Waals surface area contributed by atoms with E-state index in [-0.39, 0.29) is 6.04 Å². The number of hydrogen-bond acceptors (Lipinski definition) is 3. The van der Waals surface area contributed by atoms with Gasteiger partial charge in [0.2, 0.25) is 0 Å². The fourth-order valence-electron chi connectivity index (χ4n) is 3.65. The number of aliphatic hydroxyl groups excluding tert-OH is 1. The Balaban J connectivity index is 1.51. The maximum absolute atomic E-state index is 10.3. The predicted octanol–water partition coefficient (Wildman–Crippen LogP) is 1.40. The first-order valence-electron chi connectivity index (χ1n) is 7.44. The Morgan fingerprint density at radius 1 is 1.26 bits per heavy atom. The van der Waals surface area contributed by atoms with Gasteiger partial charge in [0.25, 0.3) is 0 Å². The van der Waals surface area contributed by atoms with Crippen LogP contribution in [0.2, 0.25) is 0 Å². The molecule has 1 saturated carbocycles. The molecule has 0 radical (unpaired) electrons. The molecule has 2 aliphatic rings. The van der Waals surface area contributed by atoms with E-state index in [1.807, 2.05) is 18.2 Å². The third-order valence-corrected chi connectivity index (χ3v) is 4.75. The zero-order valence-electron chi connectivity index (χ0n) is 11.4. The lowest BCUT2D eigenvalue weighted by molar-refractivity contribution is 0.0762. The van der Waals surface area contributed by atoms with Gasteiger partial charge in [-0.3, -0.25) is 4.90 Å². The lowest BCUT2D eigenvalue weighted by Crippen LogP contribution is -2.46. The number of aliphatic hydroxyl groups is 1. The predicted molar refractivity (Wildman–Crippen MR) is 76.8 cm³/mol. The molecule has 4 atom stereocenters. The van der Waals surface area contributed by atoms with Gasteiger partial charge >= 0.3 is 0 Å². The Kier molecular flexibility index (Phi) is 3.87. The summed E-state index contributed by atoms with van der Waals surface area (Å²) >= 11 is 0. The van der Waals surface area contributed by atoms with Crippen LogP contribution in [0.15, 0.2) is 30.3 Å². The third kappa shape index (κ3) is 2.99. The fourth-order valence-corrected chi connectivity index (χ4v) is 3.65. The summed E-state index contributed by atoms with van der Waals surface area (Å²) in [6.45, 7) is 1.91. The van der Waals surface area contributed by atoms with Gasteiger partial charge in [-0.1, -0.05) is 30.3 Å². The maximum atomic E-state index is 10.3. The number of nitrogens with two attached hydrogens (primary N) is 1. The summed E-state index contributed by atoms with van der Waals surface area (Å²) in [4.78, 5) is 2.45. The first-order valence-corrected chi connectivity index (χ1v) is 7.44. The van der Waals surface area contributed by atoms with Gasteiger partial charge in [0.1, 0.15) is 0 Å². The minimum absolute atomic E-state index is 0.165. The van der Waals surface area contributed by atoms with E-state index in [0.717, 1.165) is 18.9 Å². The summed E-state index contributed by atoms with van der Waals surface area (Å²) < 4.78 is 0. The van der Waals surface area contributed by atoms with Crippen molar-refractivity contribution in [2.24, 2.45) is 11.7 Å². The van der Waals surface area contributed by atoms with E-state index in [4.69, 9.17) is 5.73 Å². The van der Waals surface area contributed by atoms with Gasteiger partial charge in [-0.25, -0.2) is 0 Å². The highest BCUT2D eigenvalue weighted by Gasteiger charge is 2.38. The van der Waals surface area contributed by atoms with Crippen molar-refractivity contribution >= 4 is 0 Å². The second-order valence-electron chi connectivity index (χ2n) is 6.21. The molecule has 0 aromatic heterocycles. The summed E-state index contributed by atoms with van der Waals surface area (Å²) in [5.74, 6) is 0.877. The molecule has 2 bridgehead atoms. The average molecular weight is 260 g/mol. The zero-order valence-corrected chi connectivity index (χ0v) is 11.4. The van der Waals surface area contributed by atoms with E-state index in [1.165, 1.54) is 31.4 Å². The topological polar surface area (TPSA) is 49.5 Å². The average Bonchev–Trinajstić information content (AvgIpc) is 3.02. The van der Waals surface area contributed by atoms with Crippen LogP contribution < -0.4 is 5.73 Å². The number of piperidine rings is 1. The smallest absolute Gasteiger partial charge is 0.0821 e. The summed E-state index contributed by atoms with van der Waals surface area (Å²) in [6.07, 6.45) is 4.36. The molecule has 1 aliphatic heterocycles. The number of benzene rings is 1. The summed E-state index contributed by atoms with van der Waals surface area (Å²) in [5, 5.41) is 10.3. The highest BCUT2D eigenvalue weighted by molar-refractivity contribution is 5.16. The van der Waals surface area contributed by atoms with Crippen molar-refractivity contribution in [1.82, 2.24) is 4.90 Å². The Hall–Kier alpha value is -0.900. The highest BCUT2D eigenvalue weighted by atomic mass is 16.3. The van der Waals surface area contributed by atoms with Crippen molar-refractivity contribution in [3.63, 3.8) is 0 Å². The van der Waals surface area contributed by atoms with Crippen LogP contribution >= 0.6 is 0 Å². The van der Waals surface area contributed by atoms with E-state index in [2.05, 4.69) is 17.0 Å². The first kappa shape index (κ1) is 13.1. The van der Waals surface area contributed by atoms with Crippen molar-refractivity contribution in [1.29, 1.82) is 0 Å². The summed E-state index contributed by atoms with van der Waals surface area (Å²) in [6, 6.07) is 10.7. The molecule has 3 heteroatoms. The molecular weight excluding hydrogens is 236 g/mol. The molecular formula is C16H24N2O. The van der Waals surface area contributed by atoms with Gasteiger partial charge in [-0.05, 0) is 37.2 Å². The second kappa shape index (κ2) is 5.61. The molecule has 1 aromatic carbocycles. The number of rotatable bonds is 5. The molecule has 1 saturated heterocycles. The van der Waals surface area contributed by atoms with Gasteiger partial charge in [0.05, 0.1) is 6.10 Å². The van der Waals surface area contributed by atoms with Crippen LogP contribution in [0, 0.1) is 5.92 Å². The van der Waals surface area contributed by atoms with E-state index >= 15 is 0 Å². The van der Waals surface area contributed by atoms with Crippen molar-refractivity contribution in [3.8, 4) is 0 Å². The van der Waals surface area contributed by atoms with Gasteiger partial charge in [0, 0.05) is 25.2 Å². The zero-order chi connectivity index (χ0) is 13.2. The summed E-state index contributed by atoms with van der Waals surface area (Å²) in [5.41, 5.74) is 7.35. The monoisotopic (exact) mass is 260 g/mol. The Morgan fingerprint density at radius 2 is 2.05 bits per heavy atom. The van der Waals surface area contributed by atoms with Gasteiger partial charge in [-0.15, -0.1) is 0 Å². The van der Waals surface area contributed by atoms with Crippen molar-refractivity contribution in [3.05, 3.63) is 35.9 Å². The van der Waals surface area contributed by atoms with Crippen molar-refractivity contribution in [2.75, 3.05) is 13.1 Å². The number of nitrogens with zero attached hydrogens (tertiary/aromatic N) is 1. The van der Waals surface area contributed by atoms with Gasteiger partial charge in [-0.2, -0.15) is 0 Å². The number of likely N-dealkylation sites (tertiary alicyclic amines) is 1. The molecule has 0 amide bonds. The molecule has 104 valence electrons. The van der Waals surface area contributed by atoms with Crippen molar-refractivity contribution in [2.45, 2.75) is 43.9 Å². The van der Waals surface area contributed by atoms with Crippen LogP contribution in [0.25, 0.3) is 0 Å². The molecule has 0 spiro atoms. The Morgan fingerprint density at radius 3 is 2.68 bits per heavy atom. The van der Waals surface area contributed by atoms with E-state index in [9.17, 15) is 5.11 Å². The lowest BCUT2D eigenvalue weighted by atomic mass is 10.0. The minimum Gasteiger partial charge on any atom is -0.390 e. The first-order chi connectivity index (χ1) is 9.22. The Bertz CT molecular complexity index is 408. The molecule has 3 rings (SSSR count). The molecule has 4 unspecified atom stereocenters. The lowest BCUT2D eigenvalue weighted by Gasteiger charge is -2.30. The van der Waals surface area contributed by atoms with Crippen LogP contribution in [0.1, 0.15) is 24.8 Å². The van der Waals surface area contributed by atoms with Crippen LogP contribution in [0.5, 0.6) is 0 Å². The van der Waals surface area contributed by atoms with Gasteiger partial charge in [0.15, 0.2) is 0 Å². The third-order valence-electron chi connectivity index (χ3n) is 4.75. The number of β-amino-alcohol motifs (C(OH)–C–C–N with tert-alkyl or cyclic N) is 1. The summed E-state index contributed by atoms with van der Waals surface area (Å²) in [7, 11) is 0. The van der Waals surface area contributed by atoms with E-state index < -0.39 is 6.10 Å². The highest BCUT2D eigenvalue weighted by Crippen LogP contribution is 2.37. The molecule has 1 heterocycles. The molecule has 1 aromatic rings. The van der Waals surface area contributed by atoms with E-state index in [1.54, 1.807) is 0 Å². The number of fused-ring (bicyclic) bond motifs is 2. The quantitative estimate of drug-likeness (QED) is 0.841. The van der Waals surface area contributed by atoms with Crippen LogP contribution in [0.3, 0.4) is 0 Å². The van der Waals surface area contributed by atoms with Gasteiger partial charge < -0.3 is 10.8 Å². The molecule has 3 N–H and O–H groups in total. The normalized spacial score (nSPS) is 29.6. The number of hydrogen-bond donors (Lipinski definition) is 2. The molecule has 3 nitrogen and oxygen atoms in total. The molecule has 2 fully saturated rings. The maximum Gasteiger partial charge on any atom is 0.0821 e. The SMILES string of the molecule is NC(Cc1ccccc1)C(O)CN1CC2CCC1C2. The minimum atomic E-state index is -0.417. The van der Waals surface area contributed by atoms with Crippen LogP contribution in [-0.4, -0.2) is 41.3 Å². The Labute approximate surface area is 115 Å². The van der Waals surface area contributed by atoms with Crippen molar-refractivity contribution < 1.29 is 5.11 Å². The largest absolute Gasteiger partial charge is 0.390 e. The standard InChI is InChI=1S/C16H24N2O/c17-15(9-12-4-2-1-3-5-12)16(19)11-18-10-13-6-7-14(18)8-13/h1-5,13-16,19H,6-11,17H2. The second-order valence-corrected chi connectivity index (χ2v) is 6.21. The van der Waals surface area contributed by atoms with Crippen LogP contribution in [-0.2, 0) is 6.42 Å². The molecule has 1 aliphatic carbocycles. The fraction of sp³-hybridized carbons (Fsp3) is 0.625.